The fraction of sp³-hybridized carbons (Fsp3) is 0.455. The van der Waals surface area contributed by atoms with Gasteiger partial charge in [0, 0.05) is 0 Å². The summed E-state index contributed by atoms with van der Waals surface area (Å²) in [5.74, 6) is 0.921. The van der Waals surface area contributed by atoms with E-state index in [0.717, 1.165) is 57.2 Å². The van der Waals surface area contributed by atoms with Crippen LogP contribution in [0, 0.1) is 0 Å². The predicted octanol–water partition coefficient (Wildman–Crippen LogP) is 2.21. The Morgan fingerprint density at radius 2 is 1.69 bits per heavy atom. The Morgan fingerprint density at radius 1 is 1.00 bits per heavy atom. The lowest BCUT2D eigenvalue weighted by atomic mass is 9.88. The van der Waals surface area contributed by atoms with Crippen LogP contribution in [0.4, 0.5) is 0 Å². The van der Waals surface area contributed by atoms with Crippen molar-refractivity contribution in [2.45, 2.75) is 25.4 Å². The van der Waals surface area contributed by atoms with E-state index in [0.29, 0.717) is 0 Å². The number of hydrogen-bond donors (Lipinski definition) is 2. The van der Waals surface area contributed by atoms with Gasteiger partial charge in [0.25, 0.3) is 0 Å². The molecular weight excluding hydrogens is 326 g/mol. The zero-order chi connectivity index (χ0) is 18.2. The van der Waals surface area contributed by atoms with Crippen LogP contribution in [-0.2, 0) is 4.74 Å². The average molecular weight is 356 g/mol. The van der Waals surface area contributed by atoms with Crippen molar-refractivity contribution >= 4 is 0 Å². The molecule has 0 amide bonds. The maximum atomic E-state index is 11.1. The highest BCUT2D eigenvalue weighted by atomic mass is 16.5. The van der Waals surface area contributed by atoms with Crippen LogP contribution in [0.3, 0.4) is 0 Å². The Morgan fingerprint density at radius 3 is 2.35 bits per heavy atom. The van der Waals surface area contributed by atoms with E-state index in [9.17, 15) is 5.11 Å². The van der Waals surface area contributed by atoms with Crippen molar-refractivity contribution in [2.75, 3.05) is 39.5 Å². The van der Waals surface area contributed by atoms with Crippen molar-refractivity contribution in [1.29, 1.82) is 0 Å². The molecule has 0 bridgehead atoms. The quantitative estimate of drug-likeness (QED) is 0.762. The van der Waals surface area contributed by atoms with Gasteiger partial charge in [0.05, 0.1) is 38.4 Å². The van der Waals surface area contributed by atoms with Gasteiger partial charge in [-0.1, -0.05) is 49.4 Å². The summed E-state index contributed by atoms with van der Waals surface area (Å²) in [7, 11) is 0. The molecular formula is C22H30NO3+. The number of aliphatic hydroxyl groups is 1. The van der Waals surface area contributed by atoms with Gasteiger partial charge in [0.2, 0.25) is 0 Å². The minimum absolute atomic E-state index is 0.0618. The molecule has 2 aromatic rings. The normalized spacial score (nSPS) is 17.6. The van der Waals surface area contributed by atoms with E-state index in [-0.39, 0.29) is 5.92 Å². The second-order valence-electron chi connectivity index (χ2n) is 6.95. The van der Waals surface area contributed by atoms with E-state index in [4.69, 9.17) is 9.47 Å². The van der Waals surface area contributed by atoms with Crippen molar-refractivity contribution in [3.63, 3.8) is 0 Å². The molecule has 0 spiro atoms. The first-order valence-corrected chi connectivity index (χ1v) is 9.65. The summed E-state index contributed by atoms with van der Waals surface area (Å²) in [6.07, 6.45) is 0.455. The summed E-state index contributed by atoms with van der Waals surface area (Å²) >= 11 is 0. The zero-order valence-electron chi connectivity index (χ0n) is 15.6. The van der Waals surface area contributed by atoms with Gasteiger partial charge in [0.1, 0.15) is 18.8 Å². The van der Waals surface area contributed by atoms with Gasteiger partial charge in [-0.15, -0.1) is 0 Å². The zero-order valence-corrected chi connectivity index (χ0v) is 15.6. The molecule has 0 saturated carbocycles. The van der Waals surface area contributed by atoms with Crippen LogP contribution < -0.4 is 9.64 Å². The summed E-state index contributed by atoms with van der Waals surface area (Å²) in [5.41, 5.74) is 2.13. The number of morpholine rings is 1. The number of quaternary nitrogens is 1. The van der Waals surface area contributed by atoms with Gasteiger partial charge in [-0.3, -0.25) is 0 Å². The molecule has 2 atom stereocenters. The van der Waals surface area contributed by atoms with Gasteiger partial charge in [-0.2, -0.15) is 0 Å². The number of ether oxygens (including phenoxy) is 2. The van der Waals surface area contributed by atoms with E-state index in [1.54, 1.807) is 0 Å². The van der Waals surface area contributed by atoms with E-state index >= 15 is 0 Å². The molecule has 26 heavy (non-hydrogen) atoms. The molecule has 4 nitrogen and oxygen atoms in total. The SMILES string of the molecule is CCCOc1ccc([C@@H](O)[C@H](C[NH+]2CCOCC2)c2ccccc2)cc1. The molecule has 0 unspecified atom stereocenters. The van der Waals surface area contributed by atoms with E-state index in [1.165, 1.54) is 10.5 Å². The lowest BCUT2D eigenvalue weighted by molar-refractivity contribution is -0.909. The van der Waals surface area contributed by atoms with Crippen molar-refractivity contribution in [3.8, 4) is 5.75 Å². The minimum Gasteiger partial charge on any atom is -0.494 e. The predicted molar refractivity (Wildman–Crippen MR) is 103 cm³/mol. The van der Waals surface area contributed by atoms with Crippen LogP contribution in [0.25, 0.3) is 0 Å². The van der Waals surface area contributed by atoms with Crippen LogP contribution >= 0.6 is 0 Å². The maximum absolute atomic E-state index is 11.1. The van der Waals surface area contributed by atoms with Crippen LogP contribution in [0.5, 0.6) is 5.75 Å². The minimum atomic E-state index is -0.534. The number of nitrogens with one attached hydrogen (secondary N) is 1. The number of benzene rings is 2. The van der Waals surface area contributed by atoms with Crippen LogP contribution in [0.1, 0.15) is 36.5 Å². The van der Waals surface area contributed by atoms with Gasteiger partial charge < -0.3 is 19.5 Å². The summed E-state index contributed by atoms with van der Waals surface area (Å²) < 4.78 is 11.1. The molecule has 1 aliphatic heterocycles. The number of rotatable bonds is 8. The van der Waals surface area contributed by atoms with Gasteiger partial charge in [-0.25, -0.2) is 0 Å². The molecule has 0 radical (unpaired) electrons. The van der Waals surface area contributed by atoms with Crippen molar-refractivity contribution < 1.29 is 19.5 Å². The van der Waals surface area contributed by atoms with Crippen molar-refractivity contribution in [3.05, 3.63) is 65.7 Å². The fourth-order valence-corrected chi connectivity index (χ4v) is 3.50. The molecule has 4 heteroatoms. The van der Waals surface area contributed by atoms with Crippen LogP contribution in [-0.4, -0.2) is 44.6 Å². The van der Waals surface area contributed by atoms with Gasteiger partial charge in [-0.05, 0) is 29.7 Å². The summed E-state index contributed by atoms with van der Waals surface area (Å²) in [4.78, 5) is 1.49. The highest BCUT2D eigenvalue weighted by Crippen LogP contribution is 2.31. The first-order chi connectivity index (χ1) is 12.8. The Hall–Kier alpha value is -1.88. The second-order valence-corrected chi connectivity index (χ2v) is 6.95. The first-order valence-electron chi connectivity index (χ1n) is 9.65. The molecule has 0 aromatic heterocycles. The van der Waals surface area contributed by atoms with Crippen molar-refractivity contribution in [1.82, 2.24) is 0 Å². The van der Waals surface area contributed by atoms with Crippen LogP contribution in [0.15, 0.2) is 54.6 Å². The number of aliphatic hydroxyl groups excluding tert-OH is 1. The van der Waals surface area contributed by atoms with Gasteiger partial charge in [0.15, 0.2) is 0 Å². The highest BCUT2D eigenvalue weighted by Gasteiger charge is 2.28. The molecule has 2 aromatic carbocycles. The van der Waals surface area contributed by atoms with Crippen LogP contribution in [0.2, 0.25) is 0 Å². The molecule has 1 heterocycles. The maximum Gasteiger partial charge on any atom is 0.119 e. The summed E-state index contributed by atoms with van der Waals surface area (Å²) in [6, 6.07) is 18.2. The molecule has 1 fully saturated rings. The van der Waals surface area contributed by atoms with E-state index < -0.39 is 6.10 Å². The molecule has 1 saturated heterocycles. The molecule has 140 valence electrons. The number of hydrogen-bond acceptors (Lipinski definition) is 3. The largest absolute Gasteiger partial charge is 0.494 e. The monoisotopic (exact) mass is 356 g/mol. The van der Waals surface area contributed by atoms with Crippen molar-refractivity contribution in [2.24, 2.45) is 0 Å². The Balaban J connectivity index is 1.76. The summed E-state index contributed by atoms with van der Waals surface area (Å²) in [5, 5.41) is 11.1. The Kier molecular flexibility index (Phi) is 7.06. The third-order valence-corrected chi connectivity index (χ3v) is 5.01. The smallest absolute Gasteiger partial charge is 0.119 e. The first kappa shape index (κ1) is 18.9. The fourth-order valence-electron chi connectivity index (χ4n) is 3.50. The average Bonchev–Trinajstić information content (AvgIpc) is 2.72. The van der Waals surface area contributed by atoms with E-state index in [1.807, 2.05) is 42.5 Å². The Bertz CT molecular complexity index is 638. The molecule has 3 rings (SSSR count). The lowest BCUT2D eigenvalue weighted by Crippen LogP contribution is -3.14. The van der Waals surface area contributed by atoms with Gasteiger partial charge >= 0.3 is 0 Å². The molecule has 2 N–H and O–H groups in total. The third kappa shape index (κ3) is 5.07. The lowest BCUT2D eigenvalue weighted by Gasteiger charge is -2.30. The van der Waals surface area contributed by atoms with E-state index in [2.05, 4.69) is 19.1 Å². The topological polar surface area (TPSA) is 43.1 Å². The third-order valence-electron chi connectivity index (χ3n) is 5.01. The summed E-state index contributed by atoms with van der Waals surface area (Å²) in [6.45, 7) is 7.32. The molecule has 1 aliphatic rings. The highest BCUT2D eigenvalue weighted by molar-refractivity contribution is 5.31. The standard InChI is InChI=1S/C22H29NO3/c1-2-14-26-20-10-8-19(9-11-20)22(24)21(18-6-4-3-5-7-18)17-23-12-15-25-16-13-23/h3-11,21-22,24H,2,12-17H2,1H3/p+1/t21-,22-/m1/s1. The Labute approximate surface area is 156 Å². The second kappa shape index (κ2) is 9.72. The molecule has 0 aliphatic carbocycles.